The molecule has 92 valence electrons. The van der Waals surface area contributed by atoms with E-state index in [-0.39, 0.29) is 6.04 Å². The summed E-state index contributed by atoms with van der Waals surface area (Å²) < 4.78 is 0. The van der Waals surface area contributed by atoms with Crippen LogP contribution in [0.1, 0.15) is 25.5 Å². The third-order valence-electron chi connectivity index (χ3n) is 2.08. The molecule has 0 fully saturated rings. The zero-order chi connectivity index (χ0) is 12.8. The zero-order valence-electron chi connectivity index (χ0n) is 9.81. The quantitative estimate of drug-likeness (QED) is 0.741. The molecule has 0 saturated carbocycles. The molecular weight excluding hydrogens is 220 g/mol. The van der Waals surface area contributed by atoms with Gasteiger partial charge in [-0.25, -0.2) is 9.59 Å². The molecule has 2 amide bonds. The SMILES string of the molecule is CC(C)NC(=O)N[C@H](C(=O)O)c1ccccc1. The fourth-order valence-electron chi connectivity index (χ4n) is 1.37. The third kappa shape index (κ3) is 4.14. The smallest absolute Gasteiger partial charge is 0.330 e. The van der Waals surface area contributed by atoms with E-state index >= 15 is 0 Å². The zero-order valence-corrected chi connectivity index (χ0v) is 9.81. The highest BCUT2D eigenvalue weighted by Gasteiger charge is 2.21. The maximum atomic E-state index is 11.5. The van der Waals surface area contributed by atoms with Gasteiger partial charge in [-0.15, -0.1) is 0 Å². The van der Waals surface area contributed by atoms with Gasteiger partial charge in [0.05, 0.1) is 0 Å². The maximum absolute atomic E-state index is 11.5. The number of urea groups is 1. The highest BCUT2D eigenvalue weighted by molar-refractivity contribution is 5.83. The Labute approximate surface area is 99.8 Å². The topological polar surface area (TPSA) is 78.4 Å². The summed E-state index contributed by atoms with van der Waals surface area (Å²) in [5.74, 6) is -1.09. The van der Waals surface area contributed by atoms with Crippen molar-refractivity contribution in [2.24, 2.45) is 0 Å². The van der Waals surface area contributed by atoms with Gasteiger partial charge < -0.3 is 15.7 Å². The molecule has 0 aliphatic rings. The van der Waals surface area contributed by atoms with Gasteiger partial charge in [-0.05, 0) is 19.4 Å². The van der Waals surface area contributed by atoms with Crippen LogP contribution < -0.4 is 10.6 Å². The van der Waals surface area contributed by atoms with Crippen molar-refractivity contribution in [2.45, 2.75) is 25.9 Å². The van der Waals surface area contributed by atoms with Crippen molar-refractivity contribution in [3.63, 3.8) is 0 Å². The molecule has 0 saturated heterocycles. The summed E-state index contributed by atoms with van der Waals surface area (Å²) in [6.45, 7) is 3.61. The maximum Gasteiger partial charge on any atom is 0.330 e. The van der Waals surface area contributed by atoms with Crippen molar-refractivity contribution in [1.29, 1.82) is 0 Å². The van der Waals surface area contributed by atoms with Crippen molar-refractivity contribution < 1.29 is 14.7 Å². The minimum absolute atomic E-state index is 0.0415. The molecule has 5 heteroatoms. The molecule has 0 spiro atoms. The number of nitrogens with one attached hydrogen (secondary N) is 2. The van der Waals surface area contributed by atoms with Crippen molar-refractivity contribution in [1.82, 2.24) is 10.6 Å². The van der Waals surface area contributed by atoms with Crippen LogP contribution in [-0.2, 0) is 4.79 Å². The average molecular weight is 236 g/mol. The third-order valence-corrected chi connectivity index (χ3v) is 2.08. The Morgan fingerprint density at radius 2 is 1.71 bits per heavy atom. The van der Waals surface area contributed by atoms with Gasteiger partial charge in [0.2, 0.25) is 0 Å². The van der Waals surface area contributed by atoms with E-state index in [4.69, 9.17) is 5.11 Å². The van der Waals surface area contributed by atoms with Gasteiger partial charge in [0, 0.05) is 6.04 Å². The Bertz CT molecular complexity index is 390. The molecule has 0 unspecified atom stereocenters. The van der Waals surface area contributed by atoms with Gasteiger partial charge in [-0.1, -0.05) is 30.3 Å². The second-order valence-corrected chi connectivity index (χ2v) is 3.95. The lowest BCUT2D eigenvalue weighted by Gasteiger charge is -2.16. The lowest BCUT2D eigenvalue weighted by atomic mass is 10.1. The average Bonchev–Trinajstić information content (AvgIpc) is 2.25. The van der Waals surface area contributed by atoms with E-state index in [0.29, 0.717) is 5.56 Å². The summed E-state index contributed by atoms with van der Waals surface area (Å²) in [6.07, 6.45) is 0. The van der Waals surface area contributed by atoms with Gasteiger partial charge in [-0.3, -0.25) is 0 Å². The van der Waals surface area contributed by atoms with Crippen LogP contribution in [0.5, 0.6) is 0 Å². The molecule has 0 bridgehead atoms. The molecule has 1 aromatic carbocycles. The molecule has 17 heavy (non-hydrogen) atoms. The Morgan fingerprint density at radius 3 is 2.18 bits per heavy atom. The predicted octanol–water partition coefficient (Wildman–Crippen LogP) is 1.52. The van der Waals surface area contributed by atoms with E-state index in [0.717, 1.165) is 0 Å². The summed E-state index contributed by atoms with van der Waals surface area (Å²) in [6, 6.07) is 7.01. The molecule has 0 aliphatic carbocycles. The van der Waals surface area contributed by atoms with Gasteiger partial charge >= 0.3 is 12.0 Å². The minimum atomic E-state index is -1.09. The van der Waals surface area contributed by atoms with E-state index in [1.54, 1.807) is 44.2 Å². The van der Waals surface area contributed by atoms with Crippen molar-refractivity contribution in [3.05, 3.63) is 35.9 Å². The molecule has 0 aliphatic heterocycles. The van der Waals surface area contributed by atoms with E-state index in [9.17, 15) is 9.59 Å². The Kier molecular flexibility index (Phi) is 4.51. The first-order valence-electron chi connectivity index (χ1n) is 5.35. The first-order valence-corrected chi connectivity index (χ1v) is 5.35. The number of aliphatic carboxylic acids is 1. The van der Waals surface area contributed by atoms with Crippen LogP contribution in [0, 0.1) is 0 Å². The summed E-state index contributed by atoms with van der Waals surface area (Å²) in [4.78, 5) is 22.5. The van der Waals surface area contributed by atoms with Crippen LogP contribution in [0.4, 0.5) is 4.79 Å². The fraction of sp³-hybridized carbons (Fsp3) is 0.333. The van der Waals surface area contributed by atoms with Gasteiger partial charge in [0.15, 0.2) is 6.04 Å². The molecule has 1 atom stereocenters. The summed E-state index contributed by atoms with van der Waals surface area (Å²) in [5.41, 5.74) is 0.541. The largest absolute Gasteiger partial charge is 0.479 e. The Hall–Kier alpha value is -2.04. The molecule has 0 heterocycles. The van der Waals surface area contributed by atoms with Crippen LogP contribution in [0.25, 0.3) is 0 Å². The molecule has 1 aromatic rings. The predicted molar refractivity (Wildman–Crippen MR) is 63.6 cm³/mol. The van der Waals surface area contributed by atoms with Crippen LogP contribution in [0.15, 0.2) is 30.3 Å². The Morgan fingerprint density at radius 1 is 1.12 bits per heavy atom. The molecule has 3 N–H and O–H groups in total. The van der Waals surface area contributed by atoms with Gasteiger partial charge in [-0.2, -0.15) is 0 Å². The molecule has 0 aromatic heterocycles. The highest BCUT2D eigenvalue weighted by atomic mass is 16.4. The fourth-order valence-corrected chi connectivity index (χ4v) is 1.37. The summed E-state index contributed by atoms with van der Waals surface area (Å²) in [7, 11) is 0. The monoisotopic (exact) mass is 236 g/mol. The highest BCUT2D eigenvalue weighted by Crippen LogP contribution is 2.12. The molecule has 5 nitrogen and oxygen atoms in total. The van der Waals surface area contributed by atoms with Crippen molar-refractivity contribution in [2.75, 3.05) is 0 Å². The number of hydrogen-bond donors (Lipinski definition) is 3. The van der Waals surface area contributed by atoms with Crippen molar-refractivity contribution >= 4 is 12.0 Å². The normalized spacial score (nSPS) is 11.9. The number of benzene rings is 1. The number of carbonyl (C=O) groups excluding carboxylic acids is 1. The van der Waals surface area contributed by atoms with Crippen LogP contribution in [-0.4, -0.2) is 23.1 Å². The van der Waals surface area contributed by atoms with E-state index < -0.39 is 18.0 Å². The second kappa shape index (κ2) is 5.89. The van der Waals surface area contributed by atoms with E-state index in [1.165, 1.54) is 0 Å². The number of rotatable bonds is 4. The number of carboxylic acids is 1. The number of hydrogen-bond acceptors (Lipinski definition) is 2. The van der Waals surface area contributed by atoms with Crippen molar-refractivity contribution in [3.8, 4) is 0 Å². The number of carboxylic acid groups (broad SMARTS) is 1. The van der Waals surface area contributed by atoms with Crippen LogP contribution in [0.2, 0.25) is 0 Å². The summed E-state index contributed by atoms with van der Waals surface area (Å²) in [5, 5.41) is 14.1. The lowest BCUT2D eigenvalue weighted by molar-refractivity contribution is -0.139. The van der Waals surface area contributed by atoms with Gasteiger partial charge in [0.25, 0.3) is 0 Å². The Balaban J connectivity index is 2.75. The lowest BCUT2D eigenvalue weighted by Crippen LogP contribution is -2.43. The number of amides is 2. The first kappa shape index (κ1) is 13.0. The molecule has 0 radical (unpaired) electrons. The van der Waals surface area contributed by atoms with E-state index in [1.807, 2.05) is 0 Å². The standard InChI is InChI=1S/C12H16N2O3/c1-8(2)13-12(17)14-10(11(15)16)9-6-4-3-5-7-9/h3-8,10H,1-2H3,(H,15,16)(H2,13,14,17)/t10-/m0/s1. The molecular formula is C12H16N2O3. The second-order valence-electron chi connectivity index (χ2n) is 3.95. The minimum Gasteiger partial charge on any atom is -0.479 e. The van der Waals surface area contributed by atoms with Crippen LogP contribution in [0.3, 0.4) is 0 Å². The van der Waals surface area contributed by atoms with E-state index in [2.05, 4.69) is 10.6 Å². The number of carbonyl (C=O) groups is 2. The van der Waals surface area contributed by atoms with Crippen LogP contribution >= 0.6 is 0 Å². The van der Waals surface area contributed by atoms with Gasteiger partial charge in [0.1, 0.15) is 0 Å². The molecule has 1 rings (SSSR count). The first-order chi connectivity index (χ1) is 8.00. The summed E-state index contributed by atoms with van der Waals surface area (Å²) >= 11 is 0.